The lowest BCUT2D eigenvalue weighted by molar-refractivity contribution is -0.128. The zero-order chi connectivity index (χ0) is 62.6. The normalized spacial score (nSPS) is 22.6. The molecule has 88 heavy (non-hydrogen) atoms. The van der Waals surface area contributed by atoms with E-state index in [0.29, 0.717) is 35.8 Å². The van der Waals surface area contributed by atoms with Crippen LogP contribution in [0.2, 0.25) is 0 Å². The number of rotatable bonds is 14. The van der Waals surface area contributed by atoms with Crippen molar-refractivity contribution >= 4 is 46.7 Å². The van der Waals surface area contributed by atoms with Crippen LogP contribution >= 0.6 is 0 Å². The summed E-state index contributed by atoms with van der Waals surface area (Å²) in [7, 11) is 0. The SMILES string of the molecule is C.Cc1ccc(C(=O)N=C2Cc3ccc(CN4CCC(C(C)(C)O)CC4)cc3N2C2CCC(C(=O)NC(C)(C)C)CC2)cc1.Cc1ccc(C(=O)N=C2Cc3ccc(CN4CCC(C(C)(C)O)CC4)cc3N2C2CCC(C(=O)NC(C)(C)CO)CC2)cc1. The van der Waals surface area contributed by atoms with Crippen LogP contribution in [-0.4, -0.2) is 128 Å². The summed E-state index contributed by atoms with van der Waals surface area (Å²) >= 11 is 0. The number of nitrogens with zero attached hydrogens (tertiary/aromatic N) is 6. The topological polar surface area (TPSA) is 191 Å². The Balaban J connectivity index is 0.000000225. The van der Waals surface area contributed by atoms with Gasteiger partial charge in [0.2, 0.25) is 11.8 Å². The van der Waals surface area contributed by atoms with E-state index in [1.807, 2.05) is 125 Å². The van der Waals surface area contributed by atoms with Gasteiger partial charge in [-0.25, -0.2) is 0 Å². The molecule has 0 radical (unpaired) electrons. The van der Waals surface area contributed by atoms with Crippen molar-refractivity contribution in [1.29, 1.82) is 0 Å². The number of hydrogen-bond acceptors (Lipinski definition) is 9. The third-order valence-electron chi connectivity index (χ3n) is 19.3. The van der Waals surface area contributed by atoms with E-state index in [0.717, 1.165) is 150 Å². The van der Waals surface area contributed by atoms with Crippen LogP contribution in [0.25, 0.3) is 0 Å². The number of benzene rings is 4. The van der Waals surface area contributed by atoms with Crippen molar-refractivity contribution in [2.75, 3.05) is 42.6 Å². The van der Waals surface area contributed by atoms with Crippen molar-refractivity contribution in [1.82, 2.24) is 20.4 Å². The molecule has 0 aromatic heterocycles. The number of carbonyl (C=O) groups is 4. The van der Waals surface area contributed by atoms with Crippen LogP contribution in [0.1, 0.15) is 201 Å². The molecule has 2 saturated carbocycles. The maximum atomic E-state index is 13.3. The van der Waals surface area contributed by atoms with Crippen LogP contribution in [0.3, 0.4) is 0 Å². The molecular weight excluding hydrogens is 1100 g/mol. The molecule has 2 saturated heterocycles. The van der Waals surface area contributed by atoms with Crippen molar-refractivity contribution in [3.8, 4) is 0 Å². The van der Waals surface area contributed by atoms with E-state index >= 15 is 0 Å². The summed E-state index contributed by atoms with van der Waals surface area (Å²) in [6.07, 6.45) is 11.8. The summed E-state index contributed by atoms with van der Waals surface area (Å²) < 4.78 is 0. The molecular formula is C73H104N8O7. The first-order valence-corrected chi connectivity index (χ1v) is 32.4. The number of aryl methyl sites for hydroxylation is 2. The molecule has 5 N–H and O–H groups in total. The number of anilines is 2. The molecule has 4 heterocycles. The Kier molecular flexibility index (Phi) is 21.9. The molecule has 4 fully saturated rings. The van der Waals surface area contributed by atoms with E-state index in [2.05, 4.69) is 66.6 Å². The number of fused-ring (bicyclic) bond motifs is 2. The fourth-order valence-electron chi connectivity index (χ4n) is 14.0. The summed E-state index contributed by atoms with van der Waals surface area (Å²) in [6, 6.07) is 28.9. The largest absolute Gasteiger partial charge is 0.394 e. The highest BCUT2D eigenvalue weighted by molar-refractivity contribution is 6.14. The minimum Gasteiger partial charge on any atom is -0.394 e. The van der Waals surface area contributed by atoms with Crippen LogP contribution in [-0.2, 0) is 35.5 Å². The van der Waals surface area contributed by atoms with Gasteiger partial charge in [0.25, 0.3) is 11.8 Å². The summed E-state index contributed by atoms with van der Waals surface area (Å²) in [6.45, 7) is 27.0. The number of aliphatic hydroxyl groups excluding tert-OH is 1. The molecule has 15 nitrogen and oxygen atoms in total. The molecule has 0 atom stereocenters. The van der Waals surface area contributed by atoms with E-state index in [4.69, 9.17) is 9.98 Å². The van der Waals surface area contributed by atoms with Gasteiger partial charge in [-0.15, -0.1) is 0 Å². The summed E-state index contributed by atoms with van der Waals surface area (Å²) in [5, 5.41) is 36.7. The first-order chi connectivity index (χ1) is 41.1. The van der Waals surface area contributed by atoms with E-state index in [1.54, 1.807) is 0 Å². The molecule has 10 rings (SSSR count). The Labute approximate surface area is 525 Å². The Bertz CT molecular complexity index is 3120. The van der Waals surface area contributed by atoms with Crippen LogP contribution < -0.4 is 20.4 Å². The molecule has 478 valence electrons. The number of aliphatic imine (C=N–C) groups is 2. The molecule has 4 amide bonds. The van der Waals surface area contributed by atoms with Gasteiger partial charge in [-0.05, 0) is 250 Å². The predicted octanol–water partition coefficient (Wildman–Crippen LogP) is 11.7. The fraction of sp³-hybridized carbons (Fsp3) is 0.589. The highest BCUT2D eigenvalue weighted by Crippen LogP contribution is 2.41. The van der Waals surface area contributed by atoms with Gasteiger partial charge < -0.3 is 35.8 Å². The van der Waals surface area contributed by atoms with E-state index in [9.17, 15) is 34.5 Å². The second-order valence-electron chi connectivity index (χ2n) is 29.1. The van der Waals surface area contributed by atoms with Crippen molar-refractivity contribution in [2.24, 2.45) is 33.7 Å². The molecule has 6 aliphatic rings. The third-order valence-corrected chi connectivity index (χ3v) is 19.3. The molecule has 0 unspecified atom stereocenters. The maximum Gasteiger partial charge on any atom is 0.278 e. The van der Waals surface area contributed by atoms with Gasteiger partial charge in [0.05, 0.1) is 23.3 Å². The highest BCUT2D eigenvalue weighted by atomic mass is 16.3. The Morgan fingerprint density at radius 2 is 0.852 bits per heavy atom. The van der Waals surface area contributed by atoms with Crippen LogP contribution in [0, 0.1) is 37.5 Å². The fourth-order valence-corrected chi connectivity index (χ4v) is 14.0. The van der Waals surface area contributed by atoms with Gasteiger partial charge in [0.15, 0.2) is 0 Å². The molecule has 4 aliphatic heterocycles. The van der Waals surface area contributed by atoms with Gasteiger partial charge >= 0.3 is 0 Å². The average Bonchev–Trinajstić information content (AvgIpc) is 3.03. The standard InChI is InChI=1S/C36H50N4O4.C36H50N4O3.CH4/c1-24-6-9-26(10-7-24)33(42)37-32-21-28-11-8-25(22-39-18-16-29(17-19-39)36(4,5)44)20-31(28)40(32)30-14-12-27(13-15-30)34(43)38-35(2,3)23-41;1-24-7-10-26(11-8-24)33(41)37-32-22-28-12-9-25(23-39-19-17-29(18-20-39)36(5,6)43)21-31(28)40(32)30-15-13-27(14-16-30)34(42)38-35(2,3)4;/h6-11,20,27,29-30,41,44H,12-19,21-23H2,1-5H3,(H,38,43);7-12,21,27,29-30,43H,13-20,22-23H2,1-6H3,(H,38,42);1H4. The van der Waals surface area contributed by atoms with Gasteiger partial charge in [-0.1, -0.05) is 67.1 Å². The summed E-state index contributed by atoms with van der Waals surface area (Å²) in [4.78, 5) is 71.5. The zero-order valence-corrected chi connectivity index (χ0v) is 54.1. The smallest absolute Gasteiger partial charge is 0.278 e. The predicted molar refractivity (Wildman–Crippen MR) is 355 cm³/mol. The Morgan fingerprint density at radius 3 is 1.18 bits per heavy atom. The minimum absolute atomic E-state index is 0. The van der Waals surface area contributed by atoms with E-state index in [1.165, 1.54) is 22.3 Å². The van der Waals surface area contributed by atoms with E-state index in [-0.39, 0.29) is 67.1 Å². The summed E-state index contributed by atoms with van der Waals surface area (Å²) in [5.41, 5.74) is 8.41. The quantitative estimate of drug-likeness (QED) is 0.0807. The molecule has 15 heteroatoms. The van der Waals surface area contributed by atoms with Gasteiger partial charge in [-0.2, -0.15) is 9.98 Å². The van der Waals surface area contributed by atoms with Crippen LogP contribution in [0.4, 0.5) is 11.4 Å². The monoisotopic (exact) mass is 1200 g/mol. The van der Waals surface area contributed by atoms with Crippen molar-refractivity contribution in [3.63, 3.8) is 0 Å². The number of likely N-dealkylation sites (tertiary alicyclic amines) is 2. The van der Waals surface area contributed by atoms with Gasteiger partial charge in [0.1, 0.15) is 11.7 Å². The van der Waals surface area contributed by atoms with Crippen molar-refractivity contribution in [2.45, 2.75) is 221 Å². The van der Waals surface area contributed by atoms with Crippen molar-refractivity contribution < 1.29 is 34.5 Å². The third kappa shape index (κ3) is 17.4. The number of piperidine rings is 2. The number of amidine groups is 2. The van der Waals surface area contributed by atoms with Gasteiger partial charge in [0, 0.05) is 77.9 Å². The highest BCUT2D eigenvalue weighted by Gasteiger charge is 2.40. The zero-order valence-electron chi connectivity index (χ0n) is 54.1. The summed E-state index contributed by atoms with van der Waals surface area (Å²) in [5.74, 6) is 1.89. The lowest BCUT2D eigenvalue weighted by atomic mass is 9.83. The Hall–Kier alpha value is -6.10. The van der Waals surface area contributed by atoms with Crippen LogP contribution in [0.15, 0.2) is 94.9 Å². The average molecular weight is 1210 g/mol. The van der Waals surface area contributed by atoms with Gasteiger partial charge in [-0.3, -0.25) is 29.0 Å². The minimum atomic E-state index is -0.641. The lowest BCUT2D eigenvalue weighted by Gasteiger charge is -2.38. The molecule has 0 bridgehead atoms. The molecule has 0 spiro atoms. The maximum absolute atomic E-state index is 13.3. The number of aliphatic hydroxyl groups is 3. The first-order valence-electron chi connectivity index (χ1n) is 32.4. The molecule has 4 aromatic carbocycles. The van der Waals surface area contributed by atoms with Crippen LogP contribution in [0.5, 0.6) is 0 Å². The first kappa shape index (κ1) is 67.8. The van der Waals surface area contributed by atoms with Crippen molar-refractivity contribution in [3.05, 3.63) is 129 Å². The number of carbonyl (C=O) groups excluding carboxylic acids is 4. The second-order valence-corrected chi connectivity index (χ2v) is 29.1. The second kappa shape index (κ2) is 28.4. The number of hydrogen-bond donors (Lipinski definition) is 5. The lowest BCUT2D eigenvalue weighted by Crippen LogP contribution is -2.50. The van der Waals surface area contributed by atoms with E-state index < -0.39 is 16.7 Å². The number of nitrogens with one attached hydrogen (secondary N) is 2. The number of amides is 4. The Morgan fingerprint density at radius 1 is 0.500 bits per heavy atom. The molecule has 4 aromatic rings. The molecule has 2 aliphatic carbocycles.